The van der Waals surface area contributed by atoms with Crippen molar-refractivity contribution < 1.29 is 53.1 Å². The van der Waals surface area contributed by atoms with Crippen LogP contribution in [-0.4, -0.2) is 126 Å². The molecule has 21 nitrogen and oxygen atoms in total. The van der Waals surface area contributed by atoms with Gasteiger partial charge in [0.05, 0.1) is 82.1 Å². The highest BCUT2D eigenvalue weighted by molar-refractivity contribution is 7.92. The van der Waals surface area contributed by atoms with Gasteiger partial charge in [-0.15, -0.1) is 0 Å². The van der Waals surface area contributed by atoms with Crippen molar-refractivity contribution in [3.05, 3.63) is 167 Å². The van der Waals surface area contributed by atoms with Crippen LogP contribution < -0.4 is 18.2 Å². The van der Waals surface area contributed by atoms with E-state index in [1.165, 1.54) is 78.5 Å². The zero-order valence-electron chi connectivity index (χ0n) is 49.7. The van der Waals surface area contributed by atoms with E-state index in [4.69, 9.17) is 5.10 Å². The first kappa shape index (κ1) is 62.5. The number of sulfonamides is 3. The zero-order chi connectivity index (χ0) is 63.8. The minimum Gasteiger partial charge on any atom is -0.478 e. The predicted octanol–water partition coefficient (Wildman–Crippen LogP) is 10.3. The average Bonchev–Trinajstić information content (AvgIpc) is 1.59. The molecule has 7 aromatic heterocycles. The molecular weight excluding hydrogens is 1220 g/mol. The lowest BCUT2D eigenvalue weighted by Crippen LogP contribution is -2.32. The van der Waals surface area contributed by atoms with Gasteiger partial charge in [-0.3, -0.25) is 17.7 Å². The number of nitrogens with zero attached hydrogens (tertiary/aromatic N) is 10. The van der Waals surface area contributed by atoms with Crippen molar-refractivity contribution in [1.82, 2.24) is 44.1 Å². The number of rotatable bonds is 9. The van der Waals surface area contributed by atoms with Crippen LogP contribution >= 0.6 is 0 Å². The van der Waals surface area contributed by atoms with E-state index in [0.29, 0.717) is 94.5 Å². The number of halogens is 3. The van der Waals surface area contributed by atoms with Crippen LogP contribution in [0.5, 0.6) is 0 Å². The molecule has 0 fully saturated rings. The fraction of sp³-hybridized carbons (Fsp3) is 0.302. The first-order valence-corrected chi connectivity index (χ1v) is 34.8. The number of pyridine rings is 3. The highest BCUT2D eigenvalue weighted by Crippen LogP contribution is 2.39. The van der Waals surface area contributed by atoms with Crippen LogP contribution in [0.4, 0.5) is 30.2 Å². The molecule has 90 heavy (non-hydrogen) atoms. The summed E-state index contributed by atoms with van der Waals surface area (Å²) >= 11 is 0. The summed E-state index contributed by atoms with van der Waals surface area (Å²) in [5.41, 5.74) is 10.4. The molecule has 0 radical (unpaired) electrons. The summed E-state index contributed by atoms with van der Waals surface area (Å²) < 4.78 is 124. The number of carboxylic acids is 1. The van der Waals surface area contributed by atoms with Gasteiger partial charge in [-0.2, -0.15) is 15.3 Å². The number of carboxylic acid groups (broad SMARTS) is 1. The van der Waals surface area contributed by atoms with E-state index in [0.717, 1.165) is 104 Å². The molecule has 3 aliphatic heterocycles. The lowest BCUT2D eigenvalue weighted by molar-refractivity contribution is 0.0699. The van der Waals surface area contributed by atoms with E-state index < -0.39 is 41.9 Å². The molecule has 3 aliphatic rings. The van der Waals surface area contributed by atoms with E-state index in [9.17, 15) is 53.1 Å². The Balaban J connectivity index is 0.000000139. The molecule has 3 aromatic carbocycles. The van der Waals surface area contributed by atoms with E-state index in [1.807, 2.05) is 12.1 Å². The molecule has 0 aliphatic carbocycles. The number of nitrogens with one attached hydrogen (secondary N) is 2. The first-order chi connectivity index (χ1) is 43.0. The standard InChI is InChI=1S/C22H22FN5O2S.C21H23FN4O3S.C20H20FN3O4S/c1-31(29,30)28-12-4-2-3-5-16-13-18-20(22-24-10-11-25-22)21(26-27(18)14-19(16)28)15-6-8-17(23)9-7-15;1-23-21(27)19-17-12-15-6-4-3-5-11-26(30(2,28)29)18(15)13-25(17)24-20(19)14-7-9-16(22)10-8-14;1-29(27,28)24-10-4-2-3-5-14-11-16-18(20(25)26)19(22-23(16)12-17(14)24)13-6-8-15(21)9-7-13/h6-11,13-14H,2-5,12H2,1H3,(H,24,25);7-10,12-13H,3-6,11H2,1-2H3,(H,23,27);6-9,11-12H,2-5,10H2,1H3,(H,25,26). The Bertz CT molecular complexity index is 4710. The number of aromatic amines is 1. The molecule has 0 saturated carbocycles. The van der Waals surface area contributed by atoms with Crippen LogP contribution in [0.15, 0.2) is 122 Å². The van der Waals surface area contributed by atoms with Crippen molar-refractivity contribution in [2.75, 3.05) is 58.4 Å². The van der Waals surface area contributed by atoms with Crippen LogP contribution in [0, 0.1) is 17.5 Å². The van der Waals surface area contributed by atoms with Crippen molar-refractivity contribution in [3.8, 4) is 45.2 Å². The first-order valence-electron chi connectivity index (χ1n) is 29.3. The quantitative estimate of drug-likeness (QED) is 0.122. The number of aryl methyl sites for hydroxylation is 3. The number of carbonyl (C=O) groups is 2. The fourth-order valence-electron chi connectivity index (χ4n) is 11.9. The van der Waals surface area contributed by atoms with Gasteiger partial charge in [0.2, 0.25) is 30.1 Å². The molecule has 10 aromatic rings. The normalized spacial score (nSPS) is 14.9. The minimum atomic E-state index is -3.49. The van der Waals surface area contributed by atoms with Crippen LogP contribution in [0.2, 0.25) is 0 Å². The molecule has 10 heterocycles. The maximum absolute atomic E-state index is 13.5. The van der Waals surface area contributed by atoms with Crippen molar-refractivity contribution in [2.45, 2.75) is 77.0 Å². The Morgan fingerprint density at radius 3 is 1.22 bits per heavy atom. The van der Waals surface area contributed by atoms with E-state index in [2.05, 4.69) is 25.5 Å². The van der Waals surface area contributed by atoms with Gasteiger partial charge in [-0.25, -0.2) is 61.7 Å². The number of hydrogen-bond donors (Lipinski definition) is 3. The third kappa shape index (κ3) is 13.0. The number of aromatic nitrogens is 8. The highest BCUT2D eigenvalue weighted by Gasteiger charge is 2.30. The zero-order valence-corrected chi connectivity index (χ0v) is 52.1. The number of H-pyrrole nitrogens is 1. The summed E-state index contributed by atoms with van der Waals surface area (Å²) in [7, 11) is -8.83. The molecule has 27 heteroatoms. The lowest BCUT2D eigenvalue weighted by Gasteiger charge is -2.27. The summed E-state index contributed by atoms with van der Waals surface area (Å²) in [6, 6.07) is 23.0. The topological polar surface area (TPSA) is 259 Å². The maximum Gasteiger partial charge on any atom is 0.340 e. The Morgan fingerprint density at radius 1 is 0.500 bits per heavy atom. The summed E-state index contributed by atoms with van der Waals surface area (Å²) in [5, 5.41) is 26.2. The second-order valence-corrected chi connectivity index (χ2v) is 28.2. The molecule has 0 saturated heterocycles. The Kier molecular flexibility index (Phi) is 17.7. The van der Waals surface area contributed by atoms with E-state index in [-0.39, 0.29) is 28.8 Å². The summed E-state index contributed by atoms with van der Waals surface area (Å²) in [5.74, 6) is -1.93. The number of imidazole rings is 1. The lowest BCUT2D eigenvalue weighted by atomic mass is 10.0. The summed E-state index contributed by atoms with van der Waals surface area (Å²) in [4.78, 5) is 32.3. The predicted molar refractivity (Wildman–Crippen MR) is 339 cm³/mol. The minimum absolute atomic E-state index is 0.00683. The van der Waals surface area contributed by atoms with Gasteiger partial charge in [0.25, 0.3) is 5.91 Å². The molecule has 0 bridgehead atoms. The molecule has 13 rings (SSSR count). The number of hydrogen-bond acceptors (Lipinski definition) is 12. The number of fused-ring (bicyclic) bond motifs is 6. The molecule has 3 N–H and O–H groups in total. The van der Waals surface area contributed by atoms with Crippen LogP contribution in [0.1, 0.15) is 95.2 Å². The van der Waals surface area contributed by atoms with Gasteiger partial charge >= 0.3 is 5.97 Å². The second-order valence-electron chi connectivity index (χ2n) is 22.5. The van der Waals surface area contributed by atoms with Gasteiger partial charge in [0, 0.05) is 55.8 Å². The van der Waals surface area contributed by atoms with Crippen molar-refractivity contribution >= 4 is 75.6 Å². The number of amides is 1. The van der Waals surface area contributed by atoms with Crippen molar-refractivity contribution in [3.63, 3.8) is 0 Å². The molecule has 0 atom stereocenters. The molecule has 0 spiro atoms. The number of anilines is 3. The number of aromatic carboxylic acids is 1. The second kappa shape index (κ2) is 25.4. The molecule has 0 unspecified atom stereocenters. The Morgan fingerprint density at radius 2 is 0.856 bits per heavy atom. The van der Waals surface area contributed by atoms with Gasteiger partial charge in [0.1, 0.15) is 45.9 Å². The van der Waals surface area contributed by atoms with E-state index >= 15 is 0 Å². The fourth-order valence-corrected chi connectivity index (χ4v) is 14.8. The highest BCUT2D eigenvalue weighted by atomic mass is 32.2. The average molecular weight is 1290 g/mol. The van der Waals surface area contributed by atoms with Gasteiger partial charge in [-0.05, 0) is 165 Å². The van der Waals surface area contributed by atoms with Gasteiger partial charge in [0.15, 0.2) is 0 Å². The van der Waals surface area contributed by atoms with Crippen molar-refractivity contribution in [2.24, 2.45) is 0 Å². The van der Waals surface area contributed by atoms with Crippen molar-refractivity contribution in [1.29, 1.82) is 0 Å². The largest absolute Gasteiger partial charge is 0.478 e. The van der Waals surface area contributed by atoms with Gasteiger partial charge < -0.3 is 15.4 Å². The maximum atomic E-state index is 13.5. The van der Waals surface area contributed by atoms with Crippen LogP contribution in [0.3, 0.4) is 0 Å². The third-order valence-corrected chi connectivity index (χ3v) is 19.7. The SMILES string of the molecule is CNC(=O)c1c(-c2ccc(F)cc2)nn2cc3c(cc12)CCCCCN3S(C)(=O)=O.CS(=O)(=O)N1CCCCCc2cc3c(-c4ncc[nH]4)c(-c4ccc(F)cc4)nn3cc21.CS(=O)(=O)N1CCCCCc2cc3c(C(=O)O)c(-c4ccc(F)cc4)nn3cc21. The number of benzene rings is 3. The monoisotopic (exact) mass is 1290 g/mol. The molecule has 470 valence electrons. The van der Waals surface area contributed by atoms with Gasteiger partial charge in [-0.1, -0.05) is 19.3 Å². The number of carbonyl (C=O) groups excluding carboxylic acids is 1. The Labute approximate surface area is 518 Å². The Hall–Kier alpha value is -9.08. The molecule has 1 amide bonds. The van der Waals surface area contributed by atoms with Crippen LogP contribution in [-0.2, 0) is 49.3 Å². The third-order valence-electron chi connectivity index (χ3n) is 16.2. The smallest absolute Gasteiger partial charge is 0.340 e. The van der Waals surface area contributed by atoms with Crippen LogP contribution in [0.25, 0.3) is 61.7 Å². The summed E-state index contributed by atoms with van der Waals surface area (Å²) in [6.07, 6.45) is 22.2. The van der Waals surface area contributed by atoms with E-state index in [1.54, 1.807) is 77.4 Å². The summed E-state index contributed by atoms with van der Waals surface area (Å²) in [6.45, 7) is 1.23. The molecular formula is C63H65F3N12O9S3.